The van der Waals surface area contributed by atoms with Crippen molar-refractivity contribution < 1.29 is 0 Å². The summed E-state index contributed by atoms with van der Waals surface area (Å²) in [4.78, 5) is 15.0. The minimum Gasteiger partial charge on any atom is -0.397 e. The maximum absolute atomic E-state index is 6.32. The molecule has 0 bridgehead atoms. The molecule has 0 amide bonds. The number of nitrogens with zero attached hydrogens (tertiary/aromatic N) is 4. The van der Waals surface area contributed by atoms with Crippen molar-refractivity contribution in [3.8, 4) is 0 Å². The van der Waals surface area contributed by atoms with Crippen molar-refractivity contribution in [2.24, 2.45) is 10.7 Å². The molecule has 114 valence electrons. The lowest BCUT2D eigenvalue weighted by Crippen LogP contribution is -2.19. The van der Waals surface area contributed by atoms with Crippen LogP contribution in [0.1, 0.15) is 18.5 Å². The van der Waals surface area contributed by atoms with Crippen LogP contribution in [-0.4, -0.2) is 28.9 Å². The Balaban J connectivity index is 1.88. The zero-order chi connectivity index (χ0) is 15.5. The average molecular weight is 317 g/mol. The quantitative estimate of drug-likeness (QED) is 0.669. The van der Waals surface area contributed by atoms with Gasteiger partial charge in [0.25, 0.3) is 0 Å². The smallest absolute Gasteiger partial charge is 0.152 e. The number of aromatic nitrogens is 2. The normalized spacial score (nSPS) is 15.3. The SMILES string of the molecule is NC(=Nc1cnc(N2CCCC2)c(Cl)c1)c1ncccc1N. The lowest BCUT2D eigenvalue weighted by atomic mass is 10.3. The van der Waals surface area contributed by atoms with Crippen molar-refractivity contribution in [1.29, 1.82) is 0 Å². The molecule has 1 saturated heterocycles. The lowest BCUT2D eigenvalue weighted by Gasteiger charge is -2.17. The van der Waals surface area contributed by atoms with Gasteiger partial charge in [-0.2, -0.15) is 0 Å². The first kappa shape index (κ1) is 14.6. The molecule has 0 radical (unpaired) electrons. The molecule has 0 aromatic carbocycles. The van der Waals surface area contributed by atoms with Crippen LogP contribution < -0.4 is 16.4 Å². The van der Waals surface area contributed by atoms with E-state index in [1.54, 1.807) is 30.6 Å². The van der Waals surface area contributed by atoms with E-state index in [9.17, 15) is 0 Å². The second kappa shape index (κ2) is 6.19. The summed E-state index contributed by atoms with van der Waals surface area (Å²) in [5, 5.41) is 0.574. The van der Waals surface area contributed by atoms with Crippen molar-refractivity contribution >= 4 is 34.6 Å². The van der Waals surface area contributed by atoms with Gasteiger partial charge in [-0.1, -0.05) is 11.6 Å². The highest BCUT2D eigenvalue weighted by Crippen LogP contribution is 2.29. The van der Waals surface area contributed by atoms with Crippen LogP contribution in [0.15, 0.2) is 35.6 Å². The van der Waals surface area contributed by atoms with E-state index in [0.717, 1.165) is 18.9 Å². The number of aliphatic imine (C=N–C) groups is 1. The Morgan fingerprint density at radius 3 is 2.73 bits per heavy atom. The van der Waals surface area contributed by atoms with Gasteiger partial charge in [-0.15, -0.1) is 0 Å². The van der Waals surface area contributed by atoms with Crippen molar-refractivity contribution in [2.45, 2.75) is 12.8 Å². The maximum Gasteiger partial charge on any atom is 0.152 e. The number of amidine groups is 1. The highest BCUT2D eigenvalue weighted by Gasteiger charge is 2.16. The fraction of sp³-hybridized carbons (Fsp3) is 0.267. The number of rotatable bonds is 3. The number of nitrogen functional groups attached to an aromatic ring is 1. The van der Waals surface area contributed by atoms with E-state index in [4.69, 9.17) is 23.1 Å². The third kappa shape index (κ3) is 2.96. The largest absolute Gasteiger partial charge is 0.397 e. The summed E-state index contributed by atoms with van der Waals surface area (Å²) in [5.41, 5.74) is 13.3. The summed E-state index contributed by atoms with van der Waals surface area (Å²) in [6, 6.07) is 5.23. The van der Waals surface area contributed by atoms with Crippen LogP contribution >= 0.6 is 11.6 Å². The molecule has 1 fully saturated rings. The number of anilines is 2. The van der Waals surface area contributed by atoms with E-state index in [1.807, 2.05) is 0 Å². The van der Waals surface area contributed by atoms with E-state index in [-0.39, 0.29) is 5.84 Å². The molecule has 3 rings (SSSR count). The maximum atomic E-state index is 6.32. The van der Waals surface area contributed by atoms with Crippen molar-refractivity contribution in [3.63, 3.8) is 0 Å². The molecule has 7 heteroatoms. The van der Waals surface area contributed by atoms with Crippen molar-refractivity contribution in [2.75, 3.05) is 23.7 Å². The highest BCUT2D eigenvalue weighted by molar-refractivity contribution is 6.33. The minimum absolute atomic E-state index is 0.241. The lowest BCUT2D eigenvalue weighted by molar-refractivity contribution is 0.938. The number of nitrogens with two attached hydrogens (primary N) is 2. The Morgan fingerprint density at radius 1 is 1.27 bits per heavy atom. The molecule has 1 aliphatic heterocycles. The van der Waals surface area contributed by atoms with Crippen LogP contribution in [0.5, 0.6) is 0 Å². The van der Waals surface area contributed by atoms with Crippen LogP contribution in [0, 0.1) is 0 Å². The van der Waals surface area contributed by atoms with Gasteiger partial charge in [0.05, 0.1) is 22.6 Å². The van der Waals surface area contributed by atoms with Gasteiger partial charge in [0, 0.05) is 19.3 Å². The molecule has 0 atom stereocenters. The van der Waals surface area contributed by atoms with Crippen LogP contribution in [0.2, 0.25) is 5.02 Å². The number of halogens is 1. The van der Waals surface area contributed by atoms with E-state index in [2.05, 4.69) is 19.9 Å². The molecule has 6 nitrogen and oxygen atoms in total. The van der Waals surface area contributed by atoms with E-state index in [1.165, 1.54) is 12.8 Å². The molecule has 0 aliphatic carbocycles. The third-order valence-corrected chi connectivity index (χ3v) is 3.82. The Hall–Kier alpha value is -2.34. The zero-order valence-electron chi connectivity index (χ0n) is 12.0. The number of hydrogen-bond donors (Lipinski definition) is 2. The molecular weight excluding hydrogens is 300 g/mol. The topological polar surface area (TPSA) is 93.4 Å². The molecule has 4 N–H and O–H groups in total. The first-order valence-electron chi connectivity index (χ1n) is 7.10. The molecule has 1 aliphatic rings. The Labute approximate surface area is 133 Å². The summed E-state index contributed by atoms with van der Waals surface area (Å²) in [7, 11) is 0. The number of hydrogen-bond acceptors (Lipinski definition) is 5. The van der Waals surface area contributed by atoms with Gasteiger partial charge in [0.2, 0.25) is 0 Å². The summed E-state index contributed by atoms with van der Waals surface area (Å²) in [6.07, 6.45) is 5.62. The molecule has 0 unspecified atom stereocenters. The van der Waals surface area contributed by atoms with Crippen molar-refractivity contribution in [3.05, 3.63) is 41.3 Å². The monoisotopic (exact) mass is 316 g/mol. The highest BCUT2D eigenvalue weighted by atomic mass is 35.5. The predicted octanol–water partition coefficient (Wildman–Crippen LogP) is 2.35. The van der Waals surface area contributed by atoms with Gasteiger partial charge >= 0.3 is 0 Å². The first-order chi connectivity index (χ1) is 10.6. The molecule has 0 spiro atoms. The van der Waals surface area contributed by atoms with E-state index < -0.39 is 0 Å². The Bertz CT molecular complexity index is 709. The van der Waals surface area contributed by atoms with E-state index in [0.29, 0.717) is 22.1 Å². The molecular formula is C15H17ClN6. The average Bonchev–Trinajstić information content (AvgIpc) is 3.01. The van der Waals surface area contributed by atoms with Crippen molar-refractivity contribution in [1.82, 2.24) is 9.97 Å². The molecule has 3 heterocycles. The predicted molar refractivity (Wildman–Crippen MR) is 89.7 cm³/mol. The summed E-state index contributed by atoms with van der Waals surface area (Å²) < 4.78 is 0. The minimum atomic E-state index is 0.241. The molecule has 22 heavy (non-hydrogen) atoms. The summed E-state index contributed by atoms with van der Waals surface area (Å²) >= 11 is 6.32. The fourth-order valence-corrected chi connectivity index (χ4v) is 2.75. The molecule has 0 saturated carbocycles. The second-order valence-electron chi connectivity index (χ2n) is 5.13. The standard InChI is InChI=1S/C15H17ClN6/c16-11-8-10(9-20-15(11)22-6-1-2-7-22)21-14(18)13-12(17)4-3-5-19-13/h3-5,8-9H,1-2,6-7,17H2,(H2,18,21). The van der Waals surface area contributed by atoms with Crippen LogP contribution in [0.25, 0.3) is 0 Å². The Morgan fingerprint density at radius 2 is 2.05 bits per heavy atom. The van der Waals surface area contributed by atoms with Crippen LogP contribution in [-0.2, 0) is 0 Å². The Kier molecular flexibility index (Phi) is 4.11. The van der Waals surface area contributed by atoms with Gasteiger partial charge in [0.1, 0.15) is 11.5 Å². The van der Waals surface area contributed by atoms with Gasteiger partial charge in [-0.25, -0.2) is 9.98 Å². The van der Waals surface area contributed by atoms with Gasteiger partial charge in [-0.05, 0) is 31.0 Å². The summed E-state index contributed by atoms with van der Waals surface area (Å²) in [5.74, 6) is 1.04. The molecule has 2 aromatic heterocycles. The second-order valence-corrected chi connectivity index (χ2v) is 5.54. The third-order valence-electron chi connectivity index (χ3n) is 3.54. The van der Waals surface area contributed by atoms with E-state index >= 15 is 0 Å². The van der Waals surface area contributed by atoms with Gasteiger partial charge in [0.15, 0.2) is 5.84 Å². The van der Waals surface area contributed by atoms with Gasteiger partial charge < -0.3 is 16.4 Å². The number of pyridine rings is 2. The van der Waals surface area contributed by atoms with Crippen LogP contribution in [0.3, 0.4) is 0 Å². The molecule has 2 aromatic rings. The zero-order valence-corrected chi connectivity index (χ0v) is 12.8. The summed E-state index contributed by atoms with van der Waals surface area (Å²) in [6.45, 7) is 1.98. The van der Waals surface area contributed by atoms with Crippen LogP contribution in [0.4, 0.5) is 17.2 Å². The van der Waals surface area contributed by atoms with Gasteiger partial charge in [-0.3, -0.25) is 4.98 Å². The fourth-order valence-electron chi connectivity index (χ4n) is 2.47. The first-order valence-corrected chi connectivity index (χ1v) is 7.48.